The Kier molecular flexibility index (Phi) is 4.17. The molecule has 0 fully saturated rings. The van der Waals surface area contributed by atoms with Crippen LogP contribution in [0, 0.1) is 5.92 Å². The summed E-state index contributed by atoms with van der Waals surface area (Å²) in [7, 11) is 4.48. The van der Waals surface area contributed by atoms with Crippen LogP contribution in [-0.4, -0.2) is 27.3 Å². The van der Waals surface area contributed by atoms with Crippen LogP contribution in [0.2, 0.25) is 0 Å². The fourth-order valence-electron chi connectivity index (χ4n) is 1.57. The Labute approximate surface area is 95.2 Å². The number of allylic oxidation sites excluding steroid dienone is 3. The van der Waals surface area contributed by atoms with Crippen molar-refractivity contribution >= 4 is 5.97 Å². The minimum absolute atomic E-state index is 0.0960. The molecule has 0 aromatic heterocycles. The van der Waals surface area contributed by atoms with E-state index in [1.54, 1.807) is 20.3 Å². The Morgan fingerprint density at radius 2 is 2.06 bits per heavy atom. The van der Waals surface area contributed by atoms with Crippen molar-refractivity contribution in [3.63, 3.8) is 0 Å². The van der Waals surface area contributed by atoms with E-state index in [9.17, 15) is 4.79 Å². The van der Waals surface area contributed by atoms with Crippen molar-refractivity contribution in [3.05, 3.63) is 35.8 Å². The number of esters is 1. The van der Waals surface area contributed by atoms with Gasteiger partial charge in [-0.1, -0.05) is 12.7 Å². The van der Waals surface area contributed by atoms with Gasteiger partial charge in [0.1, 0.15) is 0 Å². The molecule has 0 N–H and O–H groups in total. The first-order chi connectivity index (χ1) is 7.63. The summed E-state index contributed by atoms with van der Waals surface area (Å²) in [5, 5.41) is 0. The highest BCUT2D eigenvalue weighted by atomic mass is 16.5. The molecule has 0 spiro atoms. The van der Waals surface area contributed by atoms with Gasteiger partial charge in [-0.15, -0.1) is 0 Å². The highest BCUT2D eigenvalue weighted by Crippen LogP contribution is 2.31. The van der Waals surface area contributed by atoms with Crippen LogP contribution in [0.4, 0.5) is 0 Å². The second-order valence-corrected chi connectivity index (χ2v) is 3.37. The average Bonchev–Trinajstić information content (AvgIpc) is 2.31. The Morgan fingerprint density at radius 3 is 2.56 bits per heavy atom. The molecule has 0 saturated carbocycles. The van der Waals surface area contributed by atoms with Crippen LogP contribution in [-0.2, 0) is 19.0 Å². The fraction of sp³-hybridized carbons (Fsp3) is 0.417. The smallest absolute Gasteiger partial charge is 0.306 e. The number of hydrogen-bond donors (Lipinski definition) is 0. The summed E-state index contributed by atoms with van der Waals surface area (Å²) in [6.07, 6.45) is 3.90. The van der Waals surface area contributed by atoms with Crippen LogP contribution in [0.3, 0.4) is 0 Å². The van der Waals surface area contributed by atoms with Gasteiger partial charge in [0.25, 0.3) is 0 Å². The maximum Gasteiger partial charge on any atom is 0.306 e. The van der Waals surface area contributed by atoms with Gasteiger partial charge < -0.3 is 14.2 Å². The van der Waals surface area contributed by atoms with E-state index in [2.05, 4.69) is 11.3 Å². The van der Waals surface area contributed by atoms with Gasteiger partial charge in [-0.05, 0) is 11.6 Å². The van der Waals surface area contributed by atoms with Gasteiger partial charge in [0, 0.05) is 5.92 Å². The molecule has 0 aromatic rings. The zero-order valence-electron chi connectivity index (χ0n) is 9.78. The summed E-state index contributed by atoms with van der Waals surface area (Å²) in [6.45, 7) is 3.91. The van der Waals surface area contributed by atoms with Gasteiger partial charge in [-0.2, -0.15) is 0 Å². The van der Waals surface area contributed by atoms with Gasteiger partial charge >= 0.3 is 5.97 Å². The quantitative estimate of drug-likeness (QED) is 0.683. The minimum atomic E-state index is -0.271. The first-order valence-electron chi connectivity index (χ1n) is 4.90. The standard InChI is InChI=1S/C12H16O4/c1-8-9(7-11(13)15-3)5-6-10(14-2)12(8)16-4/h5-6,9H,1,7H2,2-4H3. The summed E-state index contributed by atoms with van der Waals surface area (Å²) in [5.41, 5.74) is 0.729. The number of carbonyl (C=O) groups excluding carboxylic acids is 1. The topological polar surface area (TPSA) is 44.8 Å². The molecule has 1 unspecified atom stereocenters. The predicted molar refractivity (Wildman–Crippen MR) is 59.4 cm³/mol. The van der Waals surface area contributed by atoms with Gasteiger partial charge in [0.05, 0.1) is 27.8 Å². The fourth-order valence-corrected chi connectivity index (χ4v) is 1.57. The molecule has 1 rings (SSSR count). The summed E-state index contributed by atoms with van der Waals surface area (Å²) >= 11 is 0. The van der Waals surface area contributed by atoms with E-state index >= 15 is 0 Å². The molecule has 0 heterocycles. The van der Waals surface area contributed by atoms with Crippen molar-refractivity contribution in [2.45, 2.75) is 6.42 Å². The molecule has 4 heteroatoms. The lowest BCUT2D eigenvalue weighted by Gasteiger charge is -2.22. The molecule has 88 valence electrons. The van der Waals surface area contributed by atoms with E-state index in [4.69, 9.17) is 9.47 Å². The third-order valence-electron chi connectivity index (χ3n) is 2.48. The number of carbonyl (C=O) groups is 1. The van der Waals surface area contributed by atoms with Gasteiger partial charge in [0.15, 0.2) is 11.5 Å². The van der Waals surface area contributed by atoms with Crippen molar-refractivity contribution < 1.29 is 19.0 Å². The Bertz CT molecular complexity index is 352. The monoisotopic (exact) mass is 224 g/mol. The van der Waals surface area contributed by atoms with Crippen molar-refractivity contribution in [2.24, 2.45) is 5.92 Å². The molecule has 0 bridgehead atoms. The number of ether oxygens (including phenoxy) is 3. The molecule has 1 aliphatic rings. The van der Waals surface area contributed by atoms with Crippen molar-refractivity contribution in [1.29, 1.82) is 0 Å². The predicted octanol–water partition coefficient (Wildman–Crippen LogP) is 1.80. The summed E-state index contributed by atoms with van der Waals surface area (Å²) in [5.74, 6) is 0.834. The van der Waals surface area contributed by atoms with Crippen LogP contribution in [0.25, 0.3) is 0 Å². The molecule has 0 amide bonds. The van der Waals surface area contributed by atoms with Gasteiger partial charge in [-0.3, -0.25) is 4.79 Å². The van der Waals surface area contributed by atoms with E-state index in [-0.39, 0.29) is 18.3 Å². The van der Waals surface area contributed by atoms with E-state index in [0.29, 0.717) is 11.5 Å². The Balaban J connectivity index is 2.84. The molecule has 0 aromatic carbocycles. The highest BCUT2D eigenvalue weighted by molar-refractivity contribution is 5.71. The summed E-state index contributed by atoms with van der Waals surface area (Å²) in [4.78, 5) is 11.2. The first kappa shape index (κ1) is 12.4. The normalized spacial score (nSPS) is 19.7. The number of rotatable bonds is 4. The Morgan fingerprint density at radius 1 is 1.38 bits per heavy atom. The van der Waals surface area contributed by atoms with Crippen molar-refractivity contribution in [3.8, 4) is 0 Å². The zero-order valence-corrected chi connectivity index (χ0v) is 9.78. The summed E-state index contributed by atoms with van der Waals surface area (Å²) in [6, 6.07) is 0. The molecule has 0 saturated heterocycles. The first-order valence-corrected chi connectivity index (χ1v) is 4.90. The lowest BCUT2D eigenvalue weighted by Crippen LogP contribution is -2.15. The largest absolute Gasteiger partial charge is 0.493 e. The number of methoxy groups -OCH3 is 3. The second kappa shape index (κ2) is 5.39. The number of hydrogen-bond acceptors (Lipinski definition) is 4. The van der Waals surface area contributed by atoms with E-state index < -0.39 is 0 Å². The molecule has 0 radical (unpaired) electrons. The van der Waals surface area contributed by atoms with Crippen molar-refractivity contribution in [1.82, 2.24) is 0 Å². The van der Waals surface area contributed by atoms with Crippen LogP contribution < -0.4 is 0 Å². The summed E-state index contributed by atoms with van der Waals surface area (Å²) < 4.78 is 15.0. The lowest BCUT2D eigenvalue weighted by molar-refractivity contribution is -0.141. The van der Waals surface area contributed by atoms with E-state index in [1.807, 2.05) is 6.08 Å². The third-order valence-corrected chi connectivity index (χ3v) is 2.48. The molecule has 16 heavy (non-hydrogen) atoms. The molecular weight excluding hydrogens is 208 g/mol. The SMILES string of the molecule is C=C1C(OC)=C(OC)C=CC1CC(=O)OC. The van der Waals surface area contributed by atoms with E-state index in [0.717, 1.165) is 5.57 Å². The highest BCUT2D eigenvalue weighted by Gasteiger charge is 2.24. The van der Waals surface area contributed by atoms with Gasteiger partial charge in [0.2, 0.25) is 0 Å². The second-order valence-electron chi connectivity index (χ2n) is 3.37. The average molecular weight is 224 g/mol. The minimum Gasteiger partial charge on any atom is -0.493 e. The molecule has 1 atom stereocenters. The molecular formula is C12H16O4. The maximum absolute atomic E-state index is 11.2. The van der Waals surface area contributed by atoms with Crippen LogP contribution in [0.5, 0.6) is 0 Å². The van der Waals surface area contributed by atoms with Crippen LogP contribution in [0.15, 0.2) is 35.8 Å². The van der Waals surface area contributed by atoms with Gasteiger partial charge in [-0.25, -0.2) is 0 Å². The Hall–Kier alpha value is -1.71. The van der Waals surface area contributed by atoms with E-state index in [1.165, 1.54) is 7.11 Å². The molecule has 4 nitrogen and oxygen atoms in total. The lowest BCUT2D eigenvalue weighted by atomic mass is 9.90. The maximum atomic E-state index is 11.2. The zero-order chi connectivity index (χ0) is 12.1. The van der Waals surface area contributed by atoms with Crippen molar-refractivity contribution in [2.75, 3.05) is 21.3 Å². The van der Waals surface area contributed by atoms with Crippen LogP contribution >= 0.6 is 0 Å². The van der Waals surface area contributed by atoms with Crippen LogP contribution in [0.1, 0.15) is 6.42 Å². The third kappa shape index (κ3) is 2.45. The molecule has 0 aliphatic heterocycles. The molecule has 1 aliphatic carbocycles.